The Labute approximate surface area is 133 Å². The summed E-state index contributed by atoms with van der Waals surface area (Å²) in [5, 5.41) is 17.9. The van der Waals surface area contributed by atoms with Gasteiger partial charge in [0.2, 0.25) is 5.91 Å². The van der Waals surface area contributed by atoms with Crippen molar-refractivity contribution in [1.29, 1.82) is 5.26 Å². The molecule has 0 saturated carbocycles. The Morgan fingerprint density at radius 3 is 2.68 bits per heavy atom. The van der Waals surface area contributed by atoms with Crippen LogP contribution in [0.1, 0.15) is 30.4 Å². The number of carboxylic acids is 1. The minimum Gasteiger partial charge on any atom is -0.480 e. The Hall–Kier alpha value is -2.00. The van der Waals surface area contributed by atoms with Crippen LogP contribution in [0, 0.1) is 11.3 Å². The lowest BCUT2D eigenvalue weighted by Crippen LogP contribution is -2.48. The molecule has 1 unspecified atom stereocenters. The van der Waals surface area contributed by atoms with Crippen molar-refractivity contribution in [2.24, 2.45) is 0 Å². The van der Waals surface area contributed by atoms with Gasteiger partial charge >= 0.3 is 5.97 Å². The minimum absolute atomic E-state index is 0.106. The van der Waals surface area contributed by atoms with E-state index in [9.17, 15) is 14.7 Å². The molecule has 1 aromatic rings. The van der Waals surface area contributed by atoms with Gasteiger partial charge in [0.05, 0.1) is 17.4 Å². The minimum atomic E-state index is -0.912. The fourth-order valence-corrected chi connectivity index (χ4v) is 3.37. The van der Waals surface area contributed by atoms with Gasteiger partial charge in [-0.3, -0.25) is 4.79 Å². The van der Waals surface area contributed by atoms with Crippen LogP contribution in [0.3, 0.4) is 0 Å². The van der Waals surface area contributed by atoms with Gasteiger partial charge in [-0.1, -0.05) is 12.1 Å². The number of carbonyl (C=O) groups is 2. The van der Waals surface area contributed by atoms with Crippen molar-refractivity contribution in [3.63, 3.8) is 0 Å². The molecule has 1 heterocycles. The molecule has 2 rings (SSSR count). The van der Waals surface area contributed by atoms with Gasteiger partial charge in [0.15, 0.2) is 0 Å². The maximum absolute atomic E-state index is 12.2. The predicted molar refractivity (Wildman–Crippen MR) is 84.3 cm³/mol. The molecule has 0 aromatic heterocycles. The van der Waals surface area contributed by atoms with Crippen molar-refractivity contribution in [3.05, 3.63) is 35.4 Å². The summed E-state index contributed by atoms with van der Waals surface area (Å²) in [5.74, 6) is -0.0665. The molecule has 1 aliphatic heterocycles. The smallest absolute Gasteiger partial charge is 0.326 e. The van der Waals surface area contributed by atoms with Crippen molar-refractivity contribution in [2.45, 2.75) is 31.1 Å². The Morgan fingerprint density at radius 1 is 1.32 bits per heavy atom. The van der Waals surface area contributed by atoms with Gasteiger partial charge in [-0.05, 0) is 37.0 Å². The number of piperidine rings is 1. The first-order valence-corrected chi connectivity index (χ1v) is 8.36. The average molecular weight is 318 g/mol. The molecule has 1 amide bonds. The molecule has 1 fully saturated rings. The molecular formula is C16H18N2O3S. The summed E-state index contributed by atoms with van der Waals surface area (Å²) in [7, 11) is 0. The van der Waals surface area contributed by atoms with Crippen molar-refractivity contribution in [3.8, 4) is 6.07 Å². The van der Waals surface area contributed by atoms with Gasteiger partial charge in [0.25, 0.3) is 0 Å². The summed E-state index contributed by atoms with van der Waals surface area (Å²) in [6.45, 7) is 0.535. The highest BCUT2D eigenvalue weighted by Gasteiger charge is 2.31. The SMILES string of the molecule is N#Cc1ccc(CSCC(=O)N2CCCCC2C(=O)O)cc1. The Balaban J connectivity index is 1.83. The topological polar surface area (TPSA) is 81.4 Å². The molecule has 0 spiro atoms. The molecule has 1 aliphatic rings. The van der Waals surface area contributed by atoms with Crippen LogP contribution in [0.15, 0.2) is 24.3 Å². The fraction of sp³-hybridized carbons (Fsp3) is 0.438. The lowest BCUT2D eigenvalue weighted by Gasteiger charge is -2.32. The predicted octanol–water partition coefficient (Wildman–Crippen LogP) is 2.26. The number of thioether (sulfide) groups is 1. The molecular weight excluding hydrogens is 300 g/mol. The number of nitriles is 1. The fourth-order valence-electron chi connectivity index (χ4n) is 2.50. The zero-order valence-corrected chi connectivity index (χ0v) is 13.0. The number of aliphatic carboxylic acids is 1. The van der Waals surface area contributed by atoms with E-state index < -0.39 is 12.0 Å². The molecule has 1 atom stereocenters. The number of likely N-dealkylation sites (tertiary alicyclic amines) is 1. The molecule has 1 saturated heterocycles. The first kappa shape index (κ1) is 16.4. The van der Waals surface area contributed by atoms with Crippen molar-refractivity contribution < 1.29 is 14.7 Å². The molecule has 1 N–H and O–H groups in total. The summed E-state index contributed by atoms with van der Waals surface area (Å²) in [4.78, 5) is 24.9. The quantitative estimate of drug-likeness (QED) is 0.900. The average Bonchev–Trinajstić information content (AvgIpc) is 2.55. The Morgan fingerprint density at radius 2 is 2.05 bits per heavy atom. The van der Waals surface area contributed by atoms with Gasteiger partial charge in [-0.25, -0.2) is 4.79 Å². The summed E-state index contributed by atoms with van der Waals surface area (Å²) in [6, 6.07) is 8.64. The maximum atomic E-state index is 12.2. The lowest BCUT2D eigenvalue weighted by molar-refractivity contribution is -0.150. The monoisotopic (exact) mass is 318 g/mol. The molecule has 0 radical (unpaired) electrons. The first-order valence-electron chi connectivity index (χ1n) is 7.21. The standard InChI is InChI=1S/C16H18N2O3S/c17-9-12-4-6-13(7-5-12)10-22-11-15(19)18-8-2-1-3-14(18)16(20)21/h4-7,14H,1-3,8,10-11H2,(H,20,21). The number of nitrogens with zero attached hydrogens (tertiary/aromatic N) is 2. The second-order valence-electron chi connectivity index (χ2n) is 5.24. The third-order valence-electron chi connectivity index (χ3n) is 3.69. The van der Waals surface area contributed by atoms with Gasteiger partial charge in [-0.2, -0.15) is 5.26 Å². The van der Waals surface area contributed by atoms with E-state index in [2.05, 4.69) is 6.07 Å². The van der Waals surface area contributed by atoms with Crippen LogP contribution in [0.2, 0.25) is 0 Å². The number of carboxylic acid groups (broad SMARTS) is 1. The van der Waals surface area contributed by atoms with Gasteiger partial charge in [0.1, 0.15) is 6.04 Å². The van der Waals surface area contributed by atoms with E-state index in [0.29, 0.717) is 24.3 Å². The van der Waals surface area contributed by atoms with E-state index >= 15 is 0 Å². The van der Waals surface area contributed by atoms with Crippen LogP contribution in [0.4, 0.5) is 0 Å². The van der Waals surface area contributed by atoms with Crippen LogP contribution in [-0.4, -0.2) is 40.2 Å². The largest absolute Gasteiger partial charge is 0.480 e. The third kappa shape index (κ3) is 4.25. The Kier molecular flexibility index (Phi) is 5.84. The van der Waals surface area contributed by atoms with E-state index in [1.165, 1.54) is 16.7 Å². The van der Waals surface area contributed by atoms with Crippen LogP contribution >= 0.6 is 11.8 Å². The second-order valence-corrected chi connectivity index (χ2v) is 6.22. The zero-order chi connectivity index (χ0) is 15.9. The molecule has 0 bridgehead atoms. The summed E-state index contributed by atoms with van der Waals surface area (Å²) < 4.78 is 0. The van der Waals surface area contributed by atoms with E-state index in [-0.39, 0.29) is 11.7 Å². The van der Waals surface area contributed by atoms with Crippen LogP contribution < -0.4 is 0 Å². The molecule has 1 aromatic carbocycles. The molecule has 116 valence electrons. The number of carbonyl (C=O) groups excluding carboxylic acids is 1. The molecule has 6 heteroatoms. The van der Waals surface area contributed by atoms with Gasteiger partial charge in [-0.15, -0.1) is 11.8 Å². The second kappa shape index (κ2) is 7.85. The lowest BCUT2D eigenvalue weighted by atomic mass is 10.0. The van der Waals surface area contributed by atoms with Gasteiger partial charge < -0.3 is 10.0 Å². The van der Waals surface area contributed by atoms with Crippen LogP contribution in [0.5, 0.6) is 0 Å². The highest BCUT2D eigenvalue weighted by Crippen LogP contribution is 2.20. The van der Waals surface area contributed by atoms with Crippen LogP contribution in [-0.2, 0) is 15.3 Å². The zero-order valence-electron chi connectivity index (χ0n) is 12.2. The number of hydrogen-bond acceptors (Lipinski definition) is 4. The summed E-state index contributed by atoms with van der Waals surface area (Å²) in [6.07, 6.45) is 2.27. The van der Waals surface area contributed by atoms with Crippen molar-refractivity contribution in [2.75, 3.05) is 12.3 Å². The number of amides is 1. The van der Waals surface area contributed by atoms with Gasteiger partial charge in [0, 0.05) is 12.3 Å². The van der Waals surface area contributed by atoms with E-state index in [1.807, 2.05) is 12.1 Å². The van der Waals surface area contributed by atoms with Crippen molar-refractivity contribution in [1.82, 2.24) is 4.90 Å². The molecule has 5 nitrogen and oxygen atoms in total. The molecule has 22 heavy (non-hydrogen) atoms. The van der Waals surface area contributed by atoms with E-state index in [0.717, 1.165) is 18.4 Å². The summed E-state index contributed by atoms with van der Waals surface area (Å²) >= 11 is 1.47. The summed E-state index contributed by atoms with van der Waals surface area (Å²) in [5.41, 5.74) is 1.66. The normalized spacial score (nSPS) is 17.8. The highest BCUT2D eigenvalue weighted by molar-refractivity contribution is 7.99. The highest BCUT2D eigenvalue weighted by atomic mass is 32.2. The molecule has 0 aliphatic carbocycles. The number of hydrogen-bond donors (Lipinski definition) is 1. The number of rotatable bonds is 5. The Bertz CT molecular complexity index is 580. The van der Waals surface area contributed by atoms with Crippen LogP contribution in [0.25, 0.3) is 0 Å². The first-order chi connectivity index (χ1) is 10.6. The van der Waals surface area contributed by atoms with E-state index in [1.54, 1.807) is 12.1 Å². The van der Waals surface area contributed by atoms with E-state index in [4.69, 9.17) is 5.26 Å². The third-order valence-corrected chi connectivity index (χ3v) is 4.67. The number of benzene rings is 1. The maximum Gasteiger partial charge on any atom is 0.326 e. The van der Waals surface area contributed by atoms with Crippen molar-refractivity contribution >= 4 is 23.6 Å².